The molecule has 0 saturated carbocycles. The van der Waals surface area contributed by atoms with E-state index in [0.29, 0.717) is 5.92 Å². The Morgan fingerprint density at radius 2 is 1.88 bits per heavy atom. The maximum atomic E-state index is 3.75. The van der Waals surface area contributed by atoms with E-state index in [1.54, 1.807) is 6.08 Å². The van der Waals surface area contributed by atoms with Crippen molar-refractivity contribution in [1.29, 1.82) is 0 Å². The van der Waals surface area contributed by atoms with Gasteiger partial charge >= 0.3 is 0 Å². The number of rotatable bonds is 1. The van der Waals surface area contributed by atoms with Crippen LogP contribution in [0.4, 0.5) is 0 Å². The molecule has 0 aliphatic rings. The molecule has 0 saturated heterocycles. The average Bonchev–Trinajstić information content (AvgIpc) is 1.65. The van der Waals surface area contributed by atoms with Gasteiger partial charge in [0.1, 0.15) is 0 Å². The van der Waals surface area contributed by atoms with Gasteiger partial charge in [-0.1, -0.05) is 13.8 Å². The predicted octanol–water partition coefficient (Wildman–Crippen LogP) is 2.23. The van der Waals surface area contributed by atoms with E-state index in [4.69, 9.17) is 0 Å². The predicted molar refractivity (Wildman–Crippen MR) is 33.6 cm³/mol. The fourth-order valence-corrected chi connectivity index (χ4v) is 0.236. The van der Waals surface area contributed by atoms with Crippen LogP contribution < -0.4 is 0 Å². The van der Waals surface area contributed by atoms with Gasteiger partial charge < -0.3 is 25.5 Å². The smallest absolute Gasteiger partial charge is 0 e. The first-order valence-corrected chi connectivity index (χ1v) is 2.49. The molecule has 0 rings (SSSR count). The zero-order chi connectivity index (χ0) is 5.86. The van der Waals surface area contributed by atoms with Gasteiger partial charge in [0, 0.05) is 32.7 Å². The Hall–Kier alpha value is 0.584. The van der Waals surface area contributed by atoms with Crippen LogP contribution in [0.5, 0.6) is 0 Å². The third-order valence-electron chi connectivity index (χ3n) is 1.00. The maximum Gasteiger partial charge on any atom is 0 e. The molecule has 0 amide bonds. The summed E-state index contributed by atoms with van der Waals surface area (Å²) in [5, 5.41) is 0. The summed E-state index contributed by atoms with van der Waals surface area (Å²) in [6.07, 6.45) is 1.80. The quantitative estimate of drug-likeness (QED) is 0.549. The Bertz CT molecular complexity index is 72.5. The van der Waals surface area contributed by atoms with Crippen molar-refractivity contribution in [1.82, 2.24) is 0 Å². The van der Waals surface area contributed by atoms with E-state index in [1.807, 2.05) is 0 Å². The number of allylic oxidation sites excluding steroid dienone is 2. The van der Waals surface area contributed by atoms with Crippen molar-refractivity contribution in [3.8, 4) is 0 Å². The molecule has 0 atom stereocenters. The second-order valence-electron chi connectivity index (χ2n) is 1.93. The molecule has 0 unspecified atom stereocenters. The van der Waals surface area contributed by atoms with Crippen molar-refractivity contribution in [2.75, 3.05) is 0 Å². The van der Waals surface area contributed by atoms with Gasteiger partial charge in [0.05, 0.1) is 0 Å². The summed E-state index contributed by atoms with van der Waals surface area (Å²) in [5.41, 5.74) is 1.11. The molecule has 0 aromatic rings. The average molecular weight is 185 g/mol. The summed E-state index contributed by atoms with van der Waals surface area (Å²) >= 11 is 0. The van der Waals surface area contributed by atoms with Crippen LogP contribution >= 0.6 is 0 Å². The van der Waals surface area contributed by atoms with Crippen molar-refractivity contribution in [3.05, 3.63) is 25.5 Å². The van der Waals surface area contributed by atoms with Gasteiger partial charge in [-0.15, -0.1) is 5.92 Å². The zero-order valence-corrected chi connectivity index (χ0v) is 8.48. The summed E-state index contributed by atoms with van der Waals surface area (Å²) in [5.74, 6) is 0.553. The summed E-state index contributed by atoms with van der Waals surface area (Å²) < 4.78 is 0. The van der Waals surface area contributed by atoms with Gasteiger partial charge in [-0.05, 0) is 0 Å². The Balaban J connectivity index is 0. The fourth-order valence-electron chi connectivity index (χ4n) is 0.236. The first-order chi connectivity index (χ1) is 3.18. The van der Waals surface area contributed by atoms with Crippen molar-refractivity contribution < 1.29 is 32.7 Å². The van der Waals surface area contributed by atoms with E-state index in [1.165, 1.54) is 0 Å². The molecule has 0 aliphatic heterocycles. The molecule has 1 radical (unpaired) electrons. The van der Waals surface area contributed by atoms with Crippen LogP contribution in [-0.2, 0) is 32.7 Å². The molecule has 8 heavy (non-hydrogen) atoms. The Kier molecular flexibility index (Phi) is 8.14. The molecule has 0 fully saturated rings. The molecule has 0 N–H and O–H groups in total. The third-order valence-corrected chi connectivity index (χ3v) is 1.00. The minimum absolute atomic E-state index is 0. The molecule has 0 bridgehead atoms. The van der Waals surface area contributed by atoms with E-state index < -0.39 is 0 Å². The SMILES string of the molecule is [CH2-]/C=C(\[CH2-])C(C)C.[Y]. The largest absolute Gasteiger partial charge is 0.378 e. The topological polar surface area (TPSA) is 0 Å². The molecule has 1 heteroatoms. The van der Waals surface area contributed by atoms with E-state index >= 15 is 0 Å². The van der Waals surface area contributed by atoms with Crippen LogP contribution in [0.25, 0.3) is 0 Å². The van der Waals surface area contributed by atoms with Gasteiger partial charge in [-0.3, -0.25) is 0 Å². The van der Waals surface area contributed by atoms with Crippen molar-refractivity contribution in [2.24, 2.45) is 5.92 Å². The molecule has 0 aliphatic carbocycles. The molecule has 0 nitrogen and oxygen atoms in total. The van der Waals surface area contributed by atoms with E-state index in [9.17, 15) is 0 Å². The van der Waals surface area contributed by atoms with Crippen LogP contribution in [-0.4, -0.2) is 0 Å². The van der Waals surface area contributed by atoms with Gasteiger partial charge in [-0.2, -0.15) is 0 Å². The minimum Gasteiger partial charge on any atom is -0.378 e. The number of hydrogen-bond donors (Lipinski definition) is 0. The monoisotopic (exact) mass is 185 g/mol. The molecular formula is C7H12Y-2. The van der Waals surface area contributed by atoms with Gasteiger partial charge in [0.25, 0.3) is 0 Å². The Morgan fingerprint density at radius 1 is 1.50 bits per heavy atom. The molecule has 0 aromatic carbocycles. The second-order valence-corrected chi connectivity index (χ2v) is 1.93. The summed E-state index contributed by atoms with van der Waals surface area (Å²) in [6, 6.07) is 0. The standard InChI is InChI=1S/C7H12.Y/c1-5-7(4)6(2)3;/h5-6H,1,4H2,2-3H3;/q-2;/b7-5+;. The Labute approximate surface area is 77.6 Å². The molecule has 0 aromatic heterocycles. The van der Waals surface area contributed by atoms with Gasteiger partial charge in [-0.25, -0.2) is 0 Å². The van der Waals surface area contributed by atoms with Gasteiger partial charge in [0.2, 0.25) is 0 Å². The summed E-state index contributed by atoms with van der Waals surface area (Å²) in [6.45, 7) is 11.5. The van der Waals surface area contributed by atoms with Crippen LogP contribution in [0.15, 0.2) is 11.6 Å². The van der Waals surface area contributed by atoms with Gasteiger partial charge in [0.15, 0.2) is 0 Å². The zero-order valence-electron chi connectivity index (χ0n) is 5.65. The number of hydrogen-bond acceptors (Lipinski definition) is 0. The summed E-state index contributed by atoms with van der Waals surface area (Å²) in [4.78, 5) is 0. The molecule has 0 spiro atoms. The third kappa shape index (κ3) is 4.74. The maximum absolute atomic E-state index is 3.75. The van der Waals surface area contributed by atoms with E-state index in [-0.39, 0.29) is 32.7 Å². The van der Waals surface area contributed by atoms with Crippen molar-refractivity contribution in [3.63, 3.8) is 0 Å². The summed E-state index contributed by atoms with van der Waals surface area (Å²) in [7, 11) is 0. The molecule has 45 valence electrons. The van der Waals surface area contributed by atoms with Crippen molar-refractivity contribution in [2.45, 2.75) is 13.8 Å². The first-order valence-electron chi connectivity index (χ1n) is 2.49. The first kappa shape index (κ1) is 11.4. The fraction of sp³-hybridized carbons (Fsp3) is 0.429. The van der Waals surface area contributed by atoms with Crippen LogP contribution in [0.3, 0.4) is 0 Å². The second kappa shape index (κ2) is 5.72. The molecular weight excluding hydrogens is 173 g/mol. The van der Waals surface area contributed by atoms with Crippen LogP contribution in [0.1, 0.15) is 13.8 Å². The molecule has 0 heterocycles. The normalized spacial score (nSPS) is 11.1. The Morgan fingerprint density at radius 3 is 1.88 bits per heavy atom. The minimum atomic E-state index is 0. The van der Waals surface area contributed by atoms with Crippen LogP contribution in [0.2, 0.25) is 0 Å². The van der Waals surface area contributed by atoms with E-state index in [2.05, 4.69) is 27.7 Å². The van der Waals surface area contributed by atoms with E-state index in [0.717, 1.165) is 5.57 Å². The van der Waals surface area contributed by atoms with Crippen molar-refractivity contribution >= 4 is 0 Å². The van der Waals surface area contributed by atoms with Crippen LogP contribution in [0, 0.1) is 19.8 Å².